The van der Waals surface area contributed by atoms with Gasteiger partial charge in [0.1, 0.15) is 0 Å². The number of carbonyl (C=O) groups is 1. The molecule has 1 aromatic carbocycles. The molecule has 0 aliphatic heterocycles. The van der Waals surface area contributed by atoms with Crippen LogP contribution in [0.3, 0.4) is 0 Å². The van der Waals surface area contributed by atoms with E-state index in [2.05, 4.69) is 25.6 Å². The number of rotatable bonds is 6. The van der Waals surface area contributed by atoms with E-state index < -0.39 is 10.0 Å². The Morgan fingerprint density at radius 2 is 2.09 bits per heavy atom. The number of amides is 2. The number of nitrogens with zero attached hydrogens (tertiary/aromatic N) is 1. The zero-order valence-electron chi connectivity index (χ0n) is 12.0. The molecule has 2 rings (SSSR count). The third kappa shape index (κ3) is 4.86. The van der Waals surface area contributed by atoms with Gasteiger partial charge in [0.05, 0.1) is 17.6 Å². The van der Waals surface area contributed by atoms with Gasteiger partial charge in [-0.25, -0.2) is 17.9 Å². The number of hydrogen-bond donors (Lipinski definition) is 4. The highest BCUT2D eigenvalue weighted by atomic mass is 32.2. The highest BCUT2D eigenvalue weighted by Gasteiger charge is 2.09. The maximum atomic E-state index is 11.7. The Morgan fingerprint density at radius 3 is 2.77 bits per heavy atom. The molecule has 4 N–H and O–H groups in total. The van der Waals surface area contributed by atoms with Crippen LogP contribution in [0.2, 0.25) is 0 Å². The Morgan fingerprint density at radius 1 is 1.32 bits per heavy atom. The van der Waals surface area contributed by atoms with Crippen molar-refractivity contribution in [3.05, 3.63) is 47.8 Å². The first-order chi connectivity index (χ1) is 10.5. The number of anilines is 1. The molecule has 9 heteroatoms. The largest absolute Gasteiger partial charge is 0.334 e. The Balaban J connectivity index is 1.91. The first kappa shape index (κ1) is 16.0. The van der Waals surface area contributed by atoms with Gasteiger partial charge in [-0.2, -0.15) is 5.10 Å². The molecule has 0 spiro atoms. The lowest BCUT2D eigenvalue weighted by atomic mass is 10.1. The molecule has 22 heavy (non-hydrogen) atoms. The van der Waals surface area contributed by atoms with E-state index in [0.29, 0.717) is 11.3 Å². The molecule has 0 fully saturated rings. The van der Waals surface area contributed by atoms with Crippen LogP contribution < -0.4 is 15.4 Å². The lowest BCUT2D eigenvalue weighted by Gasteiger charge is -2.08. The zero-order chi connectivity index (χ0) is 16.0. The van der Waals surface area contributed by atoms with Gasteiger partial charge in [0.2, 0.25) is 10.0 Å². The molecule has 0 saturated carbocycles. The highest BCUT2D eigenvalue weighted by molar-refractivity contribution is 7.88. The van der Waals surface area contributed by atoms with Gasteiger partial charge in [0.15, 0.2) is 0 Å². The molecule has 118 valence electrons. The monoisotopic (exact) mass is 323 g/mol. The van der Waals surface area contributed by atoms with Crippen molar-refractivity contribution < 1.29 is 13.2 Å². The van der Waals surface area contributed by atoms with Crippen LogP contribution >= 0.6 is 0 Å². The van der Waals surface area contributed by atoms with Crippen molar-refractivity contribution in [3.63, 3.8) is 0 Å². The van der Waals surface area contributed by atoms with Crippen molar-refractivity contribution in [2.24, 2.45) is 0 Å². The Kier molecular flexibility index (Phi) is 5.12. The number of aromatic amines is 1. The second kappa shape index (κ2) is 7.05. The lowest BCUT2D eigenvalue weighted by molar-refractivity contribution is 0.251. The summed E-state index contributed by atoms with van der Waals surface area (Å²) in [6.45, 7) is 0.289. The third-order valence-electron chi connectivity index (χ3n) is 2.87. The quantitative estimate of drug-likeness (QED) is 0.628. The summed E-state index contributed by atoms with van der Waals surface area (Å²) in [6.07, 6.45) is 3.05. The van der Waals surface area contributed by atoms with Gasteiger partial charge in [-0.1, -0.05) is 24.3 Å². The lowest BCUT2D eigenvalue weighted by Crippen LogP contribution is -2.28. The molecular weight excluding hydrogens is 306 g/mol. The van der Waals surface area contributed by atoms with Crippen LogP contribution in [0, 0.1) is 0 Å². The van der Waals surface area contributed by atoms with Crippen LogP contribution in [0.1, 0.15) is 11.1 Å². The molecule has 0 aliphatic carbocycles. The molecule has 0 radical (unpaired) electrons. The molecule has 2 aromatic rings. The zero-order valence-corrected chi connectivity index (χ0v) is 12.8. The van der Waals surface area contributed by atoms with Crippen molar-refractivity contribution in [1.29, 1.82) is 0 Å². The maximum Gasteiger partial charge on any atom is 0.319 e. The van der Waals surface area contributed by atoms with Gasteiger partial charge in [0, 0.05) is 12.7 Å². The average molecular weight is 323 g/mol. The number of nitrogens with one attached hydrogen (secondary N) is 4. The molecule has 1 aromatic heterocycles. The minimum absolute atomic E-state index is 0.0987. The van der Waals surface area contributed by atoms with Gasteiger partial charge in [-0.15, -0.1) is 0 Å². The van der Waals surface area contributed by atoms with Crippen LogP contribution in [0.15, 0.2) is 36.7 Å². The number of aromatic nitrogens is 2. The number of sulfonamides is 1. The van der Waals surface area contributed by atoms with E-state index in [-0.39, 0.29) is 18.3 Å². The average Bonchev–Trinajstić information content (AvgIpc) is 2.98. The van der Waals surface area contributed by atoms with E-state index in [4.69, 9.17) is 0 Å². The number of urea groups is 1. The van der Waals surface area contributed by atoms with Crippen molar-refractivity contribution in [2.45, 2.75) is 12.3 Å². The van der Waals surface area contributed by atoms with E-state index in [1.165, 1.54) is 13.2 Å². The van der Waals surface area contributed by atoms with Gasteiger partial charge in [-0.05, 0) is 18.2 Å². The molecule has 0 unspecified atom stereocenters. The van der Waals surface area contributed by atoms with E-state index in [1.807, 2.05) is 6.07 Å². The summed E-state index contributed by atoms with van der Waals surface area (Å²) < 4.78 is 25.3. The molecule has 0 saturated heterocycles. The van der Waals surface area contributed by atoms with E-state index in [1.54, 1.807) is 24.4 Å². The fourth-order valence-corrected chi connectivity index (χ4v) is 2.56. The van der Waals surface area contributed by atoms with Gasteiger partial charge < -0.3 is 10.6 Å². The van der Waals surface area contributed by atoms with Gasteiger partial charge in [0.25, 0.3) is 0 Å². The Bertz CT molecular complexity index is 728. The first-order valence-electron chi connectivity index (χ1n) is 6.51. The summed E-state index contributed by atoms with van der Waals surface area (Å²) in [5.74, 6) is -0.0987. The molecule has 1 heterocycles. The molecule has 0 aliphatic rings. The van der Waals surface area contributed by atoms with E-state index >= 15 is 0 Å². The predicted octanol–water partition coefficient (Wildman–Crippen LogP) is 0.781. The minimum atomic E-state index is -3.31. The van der Waals surface area contributed by atoms with Crippen molar-refractivity contribution in [2.75, 3.05) is 12.4 Å². The van der Waals surface area contributed by atoms with Crippen molar-refractivity contribution in [1.82, 2.24) is 20.2 Å². The molecule has 2 amide bonds. The SMILES string of the molecule is CNS(=O)(=O)Cc1cccc(CNC(=O)Nc2cn[nH]c2)c1. The highest BCUT2D eigenvalue weighted by Crippen LogP contribution is 2.09. The summed E-state index contributed by atoms with van der Waals surface area (Å²) >= 11 is 0. The van der Waals surface area contributed by atoms with Gasteiger partial charge >= 0.3 is 6.03 Å². The summed E-state index contributed by atoms with van der Waals surface area (Å²) in [5, 5.41) is 11.6. The summed E-state index contributed by atoms with van der Waals surface area (Å²) in [4.78, 5) is 11.7. The normalized spacial score (nSPS) is 11.1. The van der Waals surface area contributed by atoms with Crippen LogP contribution in [0.5, 0.6) is 0 Å². The smallest absolute Gasteiger partial charge is 0.319 e. The number of carbonyl (C=O) groups excluding carboxylic acids is 1. The molecular formula is C13H17N5O3S. The van der Waals surface area contributed by atoms with Crippen LogP contribution in [0.4, 0.5) is 10.5 Å². The first-order valence-corrected chi connectivity index (χ1v) is 8.16. The molecule has 0 bridgehead atoms. The summed E-state index contributed by atoms with van der Waals surface area (Å²) in [6, 6.07) is 6.67. The second-order valence-corrected chi connectivity index (χ2v) is 6.50. The maximum absolute atomic E-state index is 11.7. The second-order valence-electron chi connectivity index (χ2n) is 4.58. The fourth-order valence-electron chi connectivity index (χ4n) is 1.80. The van der Waals surface area contributed by atoms with Crippen molar-refractivity contribution >= 4 is 21.7 Å². The molecule has 0 atom stereocenters. The standard InChI is InChI=1S/C13H17N5O3S/c1-14-22(20,21)9-11-4-2-3-10(5-11)6-15-13(19)18-12-7-16-17-8-12/h2-5,7-8,14H,6,9H2,1H3,(H,16,17)(H2,15,18,19). The van der Waals surface area contributed by atoms with Crippen molar-refractivity contribution in [3.8, 4) is 0 Å². The Labute approximate surface area is 128 Å². The topological polar surface area (TPSA) is 116 Å². The molecule has 8 nitrogen and oxygen atoms in total. The van der Waals surface area contributed by atoms with Gasteiger partial charge in [-0.3, -0.25) is 5.10 Å². The van der Waals surface area contributed by atoms with Crippen LogP contribution in [-0.2, 0) is 22.3 Å². The number of benzene rings is 1. The number of H-pyrrole nitrogens is 1. The summed E-state index contributed by atoms with van der Waals surface area (Å²) in [7, 11) is -1.94. The summed E-state index contributed by atoms with van der Waals surface area (Å²) in [5.41, 5.74) is 2.03. The minimum Gasteiger partial charge on any atom is -0.334 e. The van der Waals surface area contributed by atoms with E-state index in [0.717, 1.165) is 5.56 Å². The van der Waals surface area contributed by atoms with Crippen LogP contribution in [-0.4, -0.2) is 31.7 Å². The predicted molar refractivity (Wildman–Crippen MR) is 82.6 cm³/mol. The Hall–Kier alpha value is -2.39. The number of hydrogen-bond acceptors (Lipinski definition) is 4. The van der Waals surface area contributed by atoms with Crippen LogP contribution in [0.25, 0.3) is 0 Å². The fraction of sp³-hybridized carbons (Fsp3) is 0.231. The third-order valence-corrected chi connectivity index (χ3v) is 4.20. The van der Waals surface area contributed by atoms with E-state index in [9.17, 15) is 13.2 Å².